The fourth-order valence-corrected chi connectivity index (χ4v) is 1.71. The Bertz CT molecular complexity index is 298. The molecule has 8 heteroatoms. The molecule has 0 aliphatic carbocycles. The molecule has 2 rings (SSSR count). The first-order valence-electron chi connectivity index (χ1n) is 5.16. The van der Waals surface area contributed by atoms with Crippen LogP contribution in [0.4, 0.5) is 13.2 Å². The molecule has 2 aliphatic heterocycles. The molecule has 0 saturated carbocycles. The topological polar surface area (TPSA) is 80.8 Å². The normalized spacial score (nSPS) is 21.6. The number of halogens is 3. The minimum Gasteiger partial charge on any atom is -0.542 e. The third-order valence-electron chi connectivity index (χ3n) is 2.63. The van der Waals surface area contributed by atoms with Gasteiger partial charge in [0.05, 0.1) is 18.6 Å². The highest BCUT2D eigenvalue weighted by molar-refractivity contribution is 5.70. The van der Waals surface area contributed by atoms with Crippen LogP contribution in [0.25, 0.3) is 0 Å². The number of nitrogens with two attached hydrogens (primary N) is 1. The minimum atomic E-state index is -5.19. The van der Waals surface area contributed by atoms with Crippen LogP contribution in [0.3, 0.4) is 0 Å². The van der Waals surface area contributed by atoms with Crippen molar-refractivity contribution in [1.82, 2.24) is 10.9 Å². The Kier molecular flexibility index (Phi) is 4.35. The molecule has 0 radical (unpaired) electrons. The Hall–Kier alpha value is -1.28. The average Bonchev–Trinajstić information content (AvgIpc) is 2.67. The molecule has 2 heterocycles. The largest absolute Gasteiger partial charge is 0.542 e. The zero-order chi connectivity index (χ0) is 12.9. The van der Waals surface area contributed by atoms with E-state index in [4.69, 9.17) is 9.90 Å². The number of hydrogen-bond donors (Lipinski definition) is 3. The number of aliphatic carboxylic acids is 1. The second-order valence-corrected chi connectivity index (χ2v) is 3.91. The monoisotopic (exact) mass is 253 g/mol. The molecule has 5 nitrogen and oxygen atoms in total. The zero-order valence-electron chi connectivity index (χ0n) is 9.01. The highest BCUT2D eigenvalue weighted by atomic mass is 19.4. The fraction of sp³-hybridized carbons (Fsp3) is 0.667. The maximum absolute atomic E-state index is 10.5. The van der Waals surface area contributed by atoms with Crippen molar-refractivity contribution in [3.63, 3.8) is 0 Å². The van der Waals surface area contributed by atoms with Crippen molar-refractivity contribution in [2.75, 3.05) is 13.1 Å². The summed E-state index contributed by atoms with van der Waals surface area (Å²) in [7, 11) is 0. The van der Waals surface area contributed by atoms with Gasteiger partial charge < -0.3 is 20.6 Å². The van der Waals surface area contributed by atoms with Crippen LogP contribution in [0.5, 0.6) is 0 Å². The van der Waals surface area contributed by atoms with Crippen LogP contribution in [-0.2, 0) is 4.79 Å². The van der Waals surface area contributed by atoms with Crippen molar-refractivity contribution < 1.29 is 28.4 Å². The molecule has 0 aromatic carbocycles. The van der Waals surface area contributed by atoms with Gasteiger partial charge in [-0.1, -0.05) is 0 Å². The van der Waals surface area contributed by atoms with E-state index >= 15 is 0 Å². The Morgan fingerprint density at radius 1 is 1.35 bits per heavy atom. The summed E-state index contributed by atoms with van der Waals surface area (Å²) in [6, 6.07) is 0. The summed E-state index contributed by atoms with van der Waals surface area (Å²) >= 11 is 0. The lowest BCUT2D eigenvalue weighted by Gasteiger charge is -2.29. The summed E-state index contributed by atoms with van der Waals surface area (Å²) in [4.78, 5) is 8.78. The first-order valence-corrected chi connectivity index (χ1v) is 5.16. The van der Waals surface area contributed by atoms with Crippen LogP contribution < -0.4 is 21.3 Å². The first-order chi connectivity index (χ1) is 7.86. The summed E-state index contributed by atoms with van der Waals surface area (Å²) in [6.07, 6.45) is 1.55. The molecule has 0 aromatic rings. The number of piperidine rings is 1. The van der Waals surface area contributed by atoms with E-state index in [9.17, 15) is 13.2 Å². The van der Waals surface area contributed by atoms with Crippen molar-refractivity contribution in [3.05, 3.63) is 12.3 Å². The minimum absolute atomic E-state index is 0.300. The Morgan fingerprint density at radius 3 is 2.24 bits per heavy atom. The van der Waals surface area contributed by atoms with Crippen LogP contribution in [-0.4, -0.2) is 30.8 Å². The highest BCUT2D eigenvalue weighted by Gasteiger charge is 2.32. The number of carbonyl (C=O) groups excluding carboxylic acids is 1. The lowest BCUT2D eigenvalue weighted by atomic mass is 9.90. The van der Waals surface area contributed by atoms with E-state index in [2.05, 4.69) is 22.2 Å². The van der Waals surface area contributed by atoms with Crippen molar-refractivity contribution in [2.24, 2.45) is 0 Å². The van der Waals surface area contributed by atoms with Gasteiger partial charge in [-0.3, -0.25) is 0 Å². The Morgan fingerprint density at radius 2 is 1.88 bits per heavy atom. The molecule has 0 aromatic heterocycles. The quantitative estimate of drug-likeness (QED) is 0.466. The number of carbonyl (C=O) groups is 1. The Labute approximate surface area is 96.0 Å². The van der Waals surface area contributed by atoms with Crippen LogP contribution >= 0.6 is 0 Å². The van der Waals surface area contributed by atoms with Gasteiger partial charge in [0.25, 0.3) is 0 Å². The number of alkyl halides is 3. The number of rotatable bonds is 0. The molecule has 1 fully saturated rings. The van der Waals surface area contributed by atoms with Crippen molar-refractivity contribution in [1.29, 1.82) is 0 Å². The van der Waals surface area contributed by atoms with Crippen LogP contribution in [0.2, 0.25) is 0 Å². The average molecular weight is 253 g/mol. The summed E-state index contributed by atoms with van der Waals surface area (Å²) in [5.41, 5.74) is 6.63. The van der Waals surface area contributed by atoms with Gasteiger partial charge in [0.1, 0.15) is 5.97 Å². The SMILES string of the molecule is C1=CC2(CC[NH2+]CC2)NN1.O=C([O-])C(F)(F)F. The predicted molar refractivity (Wildman–Crippen MR) is 50.1 cm³/mol. The molecule has 0 atom stereocenters. The number of carboxylic acid groups (broad SMARTS) is 1. The molecule has 0 bridgehead atoms. The van der Waals surface area contributed by atoms with Gasteiger partial charge in [-0.05, 0) is 6.08 Å². The molecular weight excluding hydrogens is 239 g/mol. The van der Waals surface area contributed by atoms with Crippen LogP contribution in [0.15, 0.2) is 12.3 Å². The van der Waals surface area contributed by atoms with Gasteiger partial charge in [0, 0.05) is 19.0 Å². The molecule has 17 heavy (non-hydrogen) atoms. The van der Waals surface area contributed by atoms with Gasteiger partial charge in [-0.25, -0.2) is 5.43 Å². The molecule has 0 unspecified atom stereocenters. The van der Waals surface area contributed by atoms with E-state index in [0.717, 1.165) is 0 Å². The third kappa shape index (κ3) is 4.23. The third-order valence-corrected chi connectivity index (χ3v) is 2.63. The zero-order valence-corrected chi connectivity index (χ0v) is 9.01. The van der Waals surface area contributed by atoms with E-state index < -0.39 is 12.1 Å². The number of carboxylic acids is 1. The molecule has 98 valence electrons. The standard InChI is InChI=1S/C7H13N3.C2HF3O2/c1-4-8-5-2-7(1)3-6-9-10-7;3-2(4,5)1(6)7/h3,6,8-10H,1-2,4-5H2;(H,6,7). The Balaban J connectivity index is 0.000000185. The van der Waals surface area contributed by atoms with Crippen molar-refractivity contribution in [3.8, 4) is 0 Å². The van der Waals surface area contributed by atoms with Crippen molar-refractivity contribution >= 4 is 5.97 Å². The van der Waals surface area contributed by atoms with Gasteiger partial charge in [0.2, 0.25) is 0 Å². The predicted octanol–water partition coefficient (Wildman–Crippen LogP) is -2.00. The smallest absolute Gasteiger partial charge is 0.430 e. The molecule has 4 N–H and O–H groups in total. The lowest BCUT2D eigenvalue weighted by Crippen LogP contribution is -2.88. The van der Waals surface area contributed by atoms with E-state index in [-0.39, 0.29) is 0 Å². The number of nitrogens with one attached hydrogen (secondary N) is 2. The van der Waals surface area contributed by atoms with Gasteiger partial charge in [-0.15, -0.1) is 0 Å². The van der Waals surface area contributed by atoms with E-state index in [0.29, 0.717) is 5.54 Å². The second-order valence-electron chi connectivity index (χ2n) is 3.91. The summed E-state index contributed by atoms with van der Waals surface area (Å²) in [5.74, 6) is -3.01. The number of quaternary nitrogens is 1. The summed E-state index contributed by atoms with van der Waals surface area (Å²) < 4.78 is 31.5. The number of hydrazine groups is 1. The van der Waals surface area contributed by atoms with Crippen molar-refractivity contribution in [2.45, 2.75) is 24.6 Å². The summed E-state index contributed by atoms with van der Waals surface area (Å²) in [6.45, 7) is 2.50. The van der Waals surface area contributed by atoms with Crippen LogP contribution in [0.1, 0.15) is 12.8 Å². The van der Waals surface area contributed by atoms with E-state index in [1.165, 1.54) is 25.9 Å². The van der Waals surface area contributed by atoms with Gasteiger partial charge in [-0.2, -0.15) is 13.2 Å². The summed E-state index contributed by atoms with van der Waals surface area (Å²) in [5, 5.41) is 11.2. The molecule has 2 aliphatic rings. The molecular formula is C9H14F3N3O2. The van der Waals surface area contributed by atoms with Gasteiger partial charge >= 0.3 is 6.18 Å². The first kappa shape index (κ1) is 13.8. The second kappa shape index (κ2) is 5.37. The lowest BCUT2D eigenvalue weighted by molar-refractivity contribution is -0.664. The van der Waals surface area contributed by atoms with Gasteiger partial charge in [0.15, 0.2) is 0 Å². The molecule has 0 amide bonds. The maximum Gasteiger partial charge on any atom is 0.430 e. The van der Waals surface area contributed by atoms with E-state index in [1.54, 1.807) is 0 Å². The highest BCUT2D eigenvalue weighted by Crippen LogP contribution is 2.18. The molecule has 1 saturated heterocycles. The molecule has 1 spiro atoms. The maximum atomic E-state index is 10.5. The van der Waals surface area contributed by atoms with E-state index in [1.807, 2.05) is 6.20 Å². The van der Waals surface area contributed by atoms with Crippen LogP contribution in [0, 0.1) is 0 Å². The fourth-order valence-electron chi connectivity index (χ4n) is 1.71. The number of hydrogen-bond acceptors (Lipinski definition) is 4.